The SMILES string of the molecule is C=CC[C@H](CNC(=O)OC(C)(C)C)C(C)(C)C.C=CC[Si]1(Cl)O[C@H](c2ccccc2)[C@@H](C)N1C.CC(C)(C)/C=N/NC(=O)OC(C)(C)C.CC(C)(C)C=O.CC(C)(C)OC(=O)NN.CCC[C@H](CNC(=O)OC(C)(C)C)C(C)(C)C.CCC[C@H](N(NC(=O)OC(C)(C)C)C(=O)c1cc(C)cc(C)c1)C(C)(C)C.Cc1cc(C)cc(C(=O)Cl)c1.[HH]. The molecule has 0 radical (unpaired) electrons. The quantitative estimate of drug-likeness (QED) is 0.00699. The fourth-order valence-electron chi connectivity index (χ4n) is 10.5. The van der Waals surface area contributed by atoms with Crippen LogP contribution < -0.4 is 32.8 Å². The second-order valence-electron chi connectivity index (χ2n) is 40.0. The molecule has 1 aliphatic rings. The fourth-order valence-corrected chi connectivity index (χ4v) is 14.1. The van der Waals surface area contributed by atoms with E-state index < -0.39 is 59.3 Å². The molecule has 0 aliphatic carbocycles. The number of ether oxygens (including phenoxy) is 5. The number of hydrazone groups is 1. The number of aryl methyl sites for hydroxylation is 4. The molecule has 4 rings (SSSR count). The summed E-state index contributed by atoms with van der Waals surface area (Å²) in [5.74, 6) is 5.39. The molecule has 3 aromatic carbocycles. The standard InChI is InChI=1S/C22H36N2O3.C14H29NO2.C14H27NO2.C13H18ClNOSi.C10H20N2O2.C9H9ClO.C5H12N2O2.C5H10O.H2/c1-10-11-18(21(4,5)6)24(23-20(26)27-22(7,8)9)19(25)17-13-15(2)12-16(3)14-17;2*1-8-9-11(13(2,3)4)10-15-12(16)17-14(5,6)7;1-4-10-17(14)15(3)11(2)13(16-17)12-8-6-5-7-9-12;1-9(2,3)7-11-12-8(13)14-10(4,5)6;1-6-3-7(2)5-8(4-6)9(10)11;1-5(2,3)9-4(8)7-6;1-5(2,3)4-6;/h12-14,18H,10-11H2,1-9H3,(H,23,26);11H,8-10H2,1-7H3,(H,15,16);8,11H,1,9-10H2,2-7H3,(H,15,16);4-9,11,13H,1,10H2,2-3H3;7H,1-6H3,(H,12,13);3-5H,1-2H3;6H2,1-3H3,(H,7,8);4H,1-3H3;1H/b;;;;11-7+;;;;/t18-;2*11-;11-,13+,17?;;;;;/m0111...../s1. The van der Waals surface area contributed by atoms with Crippen LogP contribution in [-0.4, -0.2) is 132 Å². The van der Waals surface area contributed by atoms with Gasteiger partial charge in [-0.15, -0.1) is 24.2 Å². The maximum atomic E-state index is 13.4. The number of carbonyl (C=O) groups is 8. The molecule has 1 saturated heterocycles. The van der Waals surface area contributed by atoms with Gasteiger partial charge in [0.25, 0.3) is 11.1 Å². The van der Waals surface area contributed by atoms with Gasteiger partial charge in [-0.2, -0.15) is 5.10 Å². The molecule has 118 heavy (non-hydrogen) atoms. The Bertz CT molecular complexity index is 3510. The molecule has 23 nitrogen and oxygen atoms in total. The van der Waals surface area contributed by atoms with Crippen molar-refractivity contribution in [1.29, 1.82) is 0 Å². The Labute approximate surface area is 726 Å². The number of alkyl carbamates (subject to hydrolysis) is 2. The van der Waals surface area contributed by atoms with Crippen LogP contribution in [0.3, 0.4) is 0 Å². The highest BCUT2D eigenvalue weighted by Crippen LogP contribution is 2.41. The highest BCUT2D eigenvalue weighted by atomic mass is 35.6. The molecule has 0 aromatic heterocycles. The van der Waals surface area contributed by atoms with E-state index in [9.17, 15) is 38.4 Å². The number of hydrazine groups is 2. The zero-order valence-electron chi connectivity index (χ0n) is 80.0. The fraction of sp³-hybridized carbons (Fsp3) is 0.663. The van der Waals surface area contributed by atoms with Gasteiger partial charge in [-0.1, -0.05) is 207 Å². The minimum atomic E-state index is -2.31. The third-order valence-electron chi connectivity index (χ3n) is 16.2. The number of nitrogens with zero attached hydrogens (tertiary/aromatic N) is 3. The average Bonchev–Trinajstić information content (AvgIpc) is 1.64. The molecule has 678 valence electrons. The molecule has 0 bridgehead atoms. The van der Waals surface area contributed by atoms with Crippen LogP contribution in [-0.2, 0) is 32.9 Å². The van der Waals surface area contributed by atoms with E-state index in [1.807, 2.05) is 171 Å². The first-order chi connectivity index (χ1) is 53.2. The summed E-state index contributed by atoms with van der Waals surface area (Å²) >= 11 is 11.9. The number of aldehydes is 1. The Morgan fingerprint density at radius 2 is 0.932 bits per heavy atom. The van der Waals surface area contributed by atoms with Gasteiger partial charge in [0.05, 0.1) is 12.1 Å². The highest BCUT2D eigenvalue weighted by Gasteiger charge is 2.51. The van der Waals surface area contributed by atoms with Crippen LogP contribution in [0.15, 0.2) is 97.1 Å². The molecular weight excluding hydrogens is 1550 g/mol. The van der Waals surface area contributed by atoms with Crippen molar-refractivity contribution in [2.24, 2.45) is 49.9 Å². The number of nitrogens with two attached hydrogens (primary N) is 1. The normalized spacial score (nSPS) is 15.8. The van der Waals surface area contributed by atoms with Crippen molar-refractivity contribution in [2.45, 2.75) is 341 Å². The number of halogens is 2. The molecule has 26 heteroatoms. The zero-order valence-corrected chi connectivity index (χ0v) is 82.5. The third-order valence-corrected chi connectivity index (χ3v) is 20.8. The Morgan fingerprint density at radius 3 is 1.25 bits per heavy atom. The summed E-state index contributed by atoms with van der Waals surface area (Å²) in [6.45, 7) is 81.3. The Balaban J connectivity index is -0.000000428. The van der Waals surface area contributed by atoms with Crippen LogP contribution in [0, 0.1) is 66.6 Å². The van der Waals surface area contributed by atoms with Crippen molar-refractivity contribution in [3.05, 3.63) is 131 Å². The van der Waals surface area contributed by atoms with E-state index in [0.29, 0.717) is 42.1 Å². The van der Waals surface area contributed by atoms with Gasteiger partial charge < -0.3 is 43.5 Å². The summed E-state index contributed by atoms with van der Waals surface area (Å²) in [4.78, 5) is 90.9. The molecule has 0 spiro atoms. The summed E-state index contributed by atoms with van der Waals surface area (Å²) in [6, 6.07) is 22.5. The first kappa shape index (κ1) is 117. The predicted molar refractivity (Wildman–Crippen MR) is 492 cm³/mol. The Kier molecular flexibility index (Phi) is 52.3. The third kappa shape index (κ3) is 59.3. The lowest BCUT2D eigenvalue weighted by Crippen LogP contribution is -2.57. The van der Waals surface area contributed by atoms with Gasteiger partial charge >= 0.3 is 38.3 Å². The van der Waals surface area contributed by atoms with E-state index in [1.54, 1.807) is 80.7 Å². The van der Waals surface area contributed by atoms with Gasteiger partial charge in [0, 0.05) is 49.4 Å². The van der Waals surface area contributed by atoms with Crippen LogP contribution in [0.1, 0.15) is 317 Å². The number of carbonyl (C=O) groups excluding carboxylic acids is 8. The van der Waals surface area contributed by atoms with Crippen LogP contribution in [0.2, 0.25) is 6.04 Å². The minimum Gasteiger partial charge on any atom is -0.444 e. The van der Waals surface area contributed by atoms with E-state index in [0.717, 1.165) is 66.7 Å². The maximum absolute atomic E-state index is 13.4. The van der Waals surface area contributed by atoms with Crippen LogP contribution in [0.25, 0.3) is 0 Å². The van der Waals surface area contributed by atoms with Crippen LogP contribution in [0.5, 0.6) is 0 Å². The average molecular weight is 1720 g/mol. The molecule has 1 aliphatic heterocycles. The van der Waals surface area contributed by atoms with E-state index in [4.69, 9.17) is 56.6 Å². The number of nitrogens with one attached hydrogen (secondary N) is 5. The van der Waals surface area contributed by atoms with Crippen LogP contribution >= 0.6 is 22.7 Å². The van der Waals surface area contributed by atoms with Gasteiger partial charge in [-0.05, 0) is 240 Å². The van der Waals surface area contributed by atoms with Crippen LogP contribution in [0.4, 0.5) is 24.0 Å². The molecule has 1 fully saturated rings. The summed E-state index contributed by atoms with van der Waals surface area (Å²) in [6.07, 6.45) is 8.82. The van der Waals surface area contributed by atoms with Gasteiger partial charge in [0.15, 0.2) is 0 Å². The summed E-state index contributed by atoms with van der Waals surface area (Å²) in [5, 5.41) is 10.5. The maximum Gasteiger partial charge on any atom is 0.428 e. The van der Waals surface area contributed by atoms with Gasteiger partial charge in [0.2, 0.25) is 0 Å². The van der Waals surface area contributed by atoms with Crippen molar-refractivity contribution in [3.63, 3.8) is 0 Å². The zero-order chi connectivity index (χ0) is 93.4. The highest BCUT2D eigenvalue weighted by molar-refractivity contribution is 7.15. The summed E-state index contributed by atoms with van der Waals surface area (Å²) in [5.41, 5.74) is 10.9. The molecule has 1 unspecified atom stereocenters. The molecule has 6 atom stereocenters. The molecule has 1 heterocycles. The lowest BCUT2D eigenvalue weighted by molar-refractivity contribution is -0.114. The monoisotopic (exact) mass is 1720 g/mol. The van der Waals surface area contributed by atoms with Crippen molar-refractivity contribution >= 4 is 84.6 Å². The number of hydrogen-bond acceptors (Lipinski definition) is 17. The lowest BCUT2D eigenvalue weighted by Gasteiger charge is -2.40. The Morgan fingerprint density at radius 1 is 0.559 bits per heavy atom. The van der Waals surface area contributed by atoms with E-state index in [2.05, 4.69) is 147 Å². The number of likely N-dealkylation sites (N-methyl/N-ethyl adjacent to an activating group) is 1. The number of benzene rings is 3. The second-order valence-corrected chi connectivity index (χ2v) is 44.9. The minimum absolute atomic E-state index is 0. The van der Waals surface area contributed by atoms with Gasteiger partial charge in [-0.3, -0.25) is 19.6 Å². The van der Waals surface area contributed by atoms with Gasteiger partial charge in [0.1, 0.15) is 34.3 Å². The number of allylic oxidation sites excluding steroid dienone is 2. The first-order valence-electron chi connectivity index (χ1n) is 40.8. The summed E-state index contributed by atoms with van der Waals surface area (Å²) in [7, 11) is -0.259. The molecule has 3 aromatic rings. The number of rotatable bonds is 17. The van der Waals surface area contributed by atoms with E-state index in [1.165, 1.54) is 10.6 Å². The first-order valence-corrected chi connectivity index (χ1v) is 44.3. The predicted octanol–water partition coefficient (Wildman–Crippen LogP) is 23.7. The topological polar surface area (TPSA) is 297 Å². The van der Waals surface area contributed by atoms with E-state index >= 15 is 0 Å². The Hall–Kier alpha value is -7.35. The molecule has 0 saturated carbocycles. The van der Waals surface area contributed by atoms with E-state index in [-0.39, 0.29) is 58.7 Å². The number of hydrogen-bond donors (Lipinski definition) is 6. The second kappa shape index (κ2) is 52.7. The molecule has 6 amide bonds. The smallest absolute Gasteiger partial charge is 0.428 e. The van der Waals surface area contributed by atoms with Crippen molar-refractivity contribution in [3.8, 4) is 0 Å². The molecular formula is C92H163Cl2N9O14Si. The van der Waals surface area contributed by atoms with Crippen molar-refractivity contribution in [2.75, 3.05) is 20.1 Å². The van der Waals surface area contributed by atoms with Crippen molar-refractivity contribution < 1.29 is 67.9 Å². The van der Waals surface area contributed by atoms with Gasteiger partial charge in [-0.25, -0.2) is 45.7 Å². The summed E-state index contributed by atoms with van der Waals surface area (Å²) < 4.78 is 33.9. The van der Waals surface area contributed by atoms with Crippen molar-refractivity contribution in [1.82, 2.24) is 36.5 Å². The number of amides is 6. The largest absolute Gasteiger partial charge is 0.444 e. The molecule has 7 N–H and O–H groups in total. The lowest BCUT2D eigenvalue weighted by atomic mass is 9.78.